The molecule has 118 valence electrons. The molecule has 1 aliphatic rings. The van der Waals surface area contributed by atoms with Crippen LogP contribution in [-0.2, 0) is 4.79 Å². The maximum Gasteiger partial charge on any atom is 0.236 e. The quantitative estimate of drug-likeness (QED) is 0.638. The standard InChI is InChI=1S/C15H32N4O/c1-5-6-7-8-16-15(20)13(2)17-11-14-12-18(3)9-10-19(14)4/h13-14,17H,5-12H2,1-4H3,(H,16,20). The van der Waals surface area contributed by atoms with Crippen molar-refractivity contribution in [1.82, 2.24) is 20.4 Å². The molecule has 1 heterocycles. The van der Waals surface area contributed by atoms with E-state index in [1.807, 2.05) is 6.92 Å². The van der Waals surface area contributed by atoms with Crippen LogP contribution >= 0.6 is 0 Å². The van der Waals surface area contributed by atoms with Gasteiger partial charge in [0.25, 0.3) is 0 Å². The van der Waals surface area contributed by atoms with Crippen molar-refractivity contribution in [3.8, 4) is 0 Å². The van der Waals surface area contributed by atoms with Crippen molar-refractivity contribution in [2.24, 2.45) is 0 Å². The van der Waals surface area contributed by atoms with Crippen molar-refractivity contribution >= 4 is 5.91 Å². The maximum absolute atomic E-state index is 11.9. The summed E-state index contributed by atoms with van der Waals surface area (Å²) in [7, 11) is 4.32. The molecule has 1 saturated heterocycles. The van der Waals surface area contributed by atoms with Crippen molar-refractivity contribution < 1.29 is 4.79 Å². The summed E-state index contributed by atoms with van der Waals surface area (Å²) in [4.78, 5) is 16.7. The van der Waals surface area contributed by atoms with Crippen LogP contribution in [0.1, 0.15) is 33.1 Å². The highest BCUT2D eigenvalue weighted by molar-refractivity contribution is 5.81. The third-order valence-corrected chi connectivity index (χ3v) is 4.11. The number of unbranched alkanes of at least 4 members (excludes halogenated alkanes) is 2. The molecule has 1 aliphatic heterocycles. The topological polar surface area (TPSA) is 47.6 Å². The Morgan fingerprint density at radius 3 is 2.75 bits per heavy atom. The van der Waals surface area contributed by atoms with Crippen LogP contribution in [0.15, 0.2) is 0 Å². The summed E-state index contributed by atoms with van der Waals surface area (Å²) in [5.74, 6) is 0.118. The normalized spacial score (nSPS) is 22.7. The lowest BCUT2D eigenvalue weighted by Gasteiger charge is -2.38. The van der Waals surface area contributed by atoms with Gasteiger partial charge in [-0.05, 0) is 27.4 Å². The zero-order chi connectivity index (χ0) is 15.0. The molecule has 20 heavy (non-hydrogen) atoms. The highest BCUT2D eigenvalue weighted by Gasteiger charge is 2.23. The smallest absolute Gasteiger partial charge is 0.236 e. The summed E-state index contributed by atoms with van der Waals surface area (Å²) in [6.07, 6.45) is 3.44. The van der Waals surface area contributed by atoms with Crippen LogP contribution in [0.4, 0.5) is 0 Å². The predicted octanol–water partition coefficient (Wildman–Crippen LogP) is 0.517. The third-order valence-electron chi connectivity index (χ3n) is 4.11. The summed E-state index contributed by atoms with van der Waals surface area (Å²) < 4.78 is 0. The van der Waals surface area contributed by atoms with E-state index >= 15 is 0 Å². The fraction of sp³-hybridized carbons (Fsp3) is 0.933. The molecule has 0 radical (unpaired) electrons. The van der Waals surface area contributed by atoms with Gasteiger partial charge >= 0.3 is 0 Å². The molecule has 1 rings (SSSR count). The molecule has 0 aromatic carbocycles. The maximum atomic E-state index is 11.9. The third kappa shape index (κ3) is 6.20. The van der Waals surface area contributed by atoms with Crippen molar-refractivity contribution in [3.63, 3.8) is 0 Å². The minimum Gasteiger partial charge on any atom is -0.355 e. The second-order valence-corrected chi connectivity index (χ2v) is 6.02. The van der Waals surface area contributed by atoms with Gasteiger partial charge < -0.3 is 15.5 Å². The Hall–Kier alpha value is -0.650. The molecule has 2 atom stereocenters. The monoisotopic (exact) mass is 284 g/mol. The molecule has 0 bridgehead atoms. The zero-order valence-electron chi connectivity index (χ0n) is 13.6. The number of piperazine rings is 1. The van der Waals surface area contributed by atoms with Crippen molar-refractivity contribution in [2.45, 2.75) is 45.2 Å². The lowest BCUT2D eigenvalue weighted by Crippen LogP contribution is -2.55. The fourth-order valence-electron chi connectivity index (χ4n) is 2.47. The van der Waals surface area contributed by atoms with Gasteiger partial charge in [0, 0.05) is 38.8 Å². The van der Waals surface area contributed by atoms with Crippen LogP contribution in [-0.4, -0.2) is 74.6 Å². The summed E-state index contributed by atoms with van der Waals surface area (Å²) in [5, 5.41) is 6.36. The number of nitrogens with zero attached hydrogens (tertiary/aromatic N) is 2. The lowest BCUT2D eigenvalue weighted by molar-refractivity contribution is -0.122. The molecule has 1 amide bonds. The largest absolute Gasteiger partial charge is 0.355 e. The fourth-order valence-corrected chi connectivity index (χ4v) is 2.47. The van der Waals surface area contributed by atoms with Gasteiger partial charge in [-0.15, -0.1) is 0 Å². The first-order valence-electron chi connectivity index (χ1n) is 7.94. The van der Waals surface area contributed by atoms with E-state index in [0.717, 1.165) is 39.1 Å². The van der Waals surface area contributed by atoms with Gasteiger partial charge in [-0.1, -0.05) is 19.8 Å². The zero-order valence-corrected chi connectivity index (χ0v) is 13.6. The SMILES string of the molecule is CCCCCNC(=O)C(C)NCC1CN(C)CCN1C. The van der Waals surface area contributed by atoms with E-state index < -0.39 is 0 Å². The van der Waals surface area contributed by atoms with Crippen LogP contribution in [0.2, 0.25) is 0 Å². The summed E-state index contributed by atoms with van der Waals surface area (Å²) in [5.41, 5.74) is 0. The van der Waals surface area contributed by atoms with E-state index in [2.05, 4.69) is 41.5 Å². The number of carbonyl (C=O) groups is 1. The Balaban J connectivity index is 2.20. The molecule has 0 aliphatic carbocycles. The first-order valence-corrected chi connectivity index (χ1v) is 7.94. The van der Waals surface area contributed by atoms with Crippen molar-refractivity contribution in [3.05, 3.63) is 0 Å². The second-order valence-electron chi connectivity index (χ2n) is 6.02. The Morgan fingerprint density at radius 2 is 2.05 bits per heavy atom. The summed E-state index contributed by atoms with van der Waals surface area (Å²) in [6, 6.07) is 0.376. The van der Waals surface area contributed by atoms with E-state index in [4.69, 9.17) is 0 Å². The summed E-state index contributed by atoms with van der Waals surface area (Å²) >= 11 is 0. The summed E-state index contributed by atoms with van der Waals surface area (Å²) in [6.45, 7) is 9.07. The Kier molecular flexibility index (Phi) is 8.11. The van der Waals surface area contributed by atoms with Gasteiger partial charge in [0.2, 0.25) is 5.91 Å². The minimum absolute atomic E-state index is 0.114. The number of rotatable bonds is 8. The molecule has 0 spiro atoms. The Morgan fingerprint density at radius 1 is 1.30 bits per heavy atom. The van der Waals surface area contributed by atoms with Crippen LogP contribution < -0.4 is 10.6 Å². The molecule has 0 aromatic heterocycles. The number of likely N-dealkylation sites (N-methyl/N-ethyl adjacent to an activating group) is 2. The number of hydrogen-bond donors (Lipinski definition) is 2. The van der Waals surface area contributed by atoms with E-state index in [9.17, 15) is 4.79 Å². The molecular weight excluding hydrogens is 252 g/mol. The minimum atomic E-state index is -0.114. The van der Waals surface area contributed by atoms with Crippen molar-refractivity contribution in [1.29, 1.82) is 0 Å². The number of nitrogens with one attached hydrogen (secondary N) is 2. The highest BCUT2D eigenvalue weighted by atomic mass is 16.2. The number of hydrogen-bond acceptors (Lipinski definition) is 4. The van der Waals surface area contributed by atoms with Gasteiger partial charge in [-0.2, -0.15) is 0 Å². The van der Waals surface area contributed by atoms with Crippen LogP contribution in [0.25, 0.3) is 0 Å². The molecular formula is C15H32N4O. The van der Waals surface area contributed by atoms with Crippen LogP contribution in [0, 0.1) is 0 Å². The van der Waals surface area contributed by atoms with Gasteiger partial charge in [0.15, 0.2) is 0 Å². The van der Waals surface area contributed by atoms with E-state index in [0.29, 0.717) is 6.04 Å². The van der Waals surface area contributed by atoms with E-state index in [1.54, 1.807) is 0 Å². The van der Waals surface area contributed by atoms with Gasteiger partial charge in [-0.25, -0.2) is 0 Å². The average Bonchev–Trinajstić information content (AvgIpc) is 2.44. The van der Waals surface area contributed by atoms with Crippen molar-refractivity contribution in [2.75, 3.05) is 46.8 Å². The number of amides is 1. The lowest BCUT2D eigenvalue weighted by atomic mass is 10.1. The molecule has 5 heteroatoms. The molecule has 2 unspecified atom stereocenters. The second kappa shape index (κ2) is 9.32. The molecule has 2 N–H and O–H groups in total. The first kappa shape index (κ1) is 17.4. The van der Waals surface area contributed by atoms with Gasteiger partial charge in [0.1, 0.15) is 0 Å². The average molecular weight is 284 g/mol. The Bertz CT molecular complexity index is 285. The molecule has 1 fully saturated rings. The molecule has 0 aromatic rings. The number of carbonyl (C=O) groups excluding carboxylic acids is 1. The molecule has 0 saturated carbocycles. The van der Waals surface area contributed by atoms with Crippen LogP contribution in [0.3, 0.4) is 0 Å². The van der Waals surface area contributed by atoms with Gasteiger partial charge in [-0.3, -0.25) is 9.69 Å². The van der Waals surface area contributed by atoms with Crippen LogP contribution in [0.5, 0.6) is 0 Å². The van der Waals surface area contributed by atoms with E-state index in [1.165, 1.54) is 12.8 Å². The predicted molar refractivity (Wildman–Crippen MR) is 83.9 cm³/mol. The highest BCUT2D eigenvalue weighted by Crippen LogP contribution is 2.05. The Labute approximate surface area is 124 Å². The molecule has 5 nitrogen and oxygen atoms in total. The van der Waals surface area contributed by atoms with Gasteiger partial charge in [0.05, 0.1) is 6.04 Å². The van der Waals surface area contributed by atoms with E-state index in [-0.39, 0.29) is 11.9 Å². The first-order chi connectivity index (χ1) is 9.54.